The van der Waals surface area contributed by atoms with Gasteiger partial charge in [0.1, 0.15) is 0 Å². The minimum Gasteiger partial charge on any atom is -0.582 e. The van der Waals surface area contributed by atoms with Crippen molar-refractivity contribution >= 4 is 5.90 Å². The smallest absolute Gasteiger partial charge is 0.297 e. The third-order valence-corrected chi connectivity index (χ3v) is 4.22. The number of aryl methyl sites for hydroxylation is 1. The third kappa shape index (κ3) is 3.70. The van der Waals surface area contributed by atoms with Crippen LogP contribution in [0.3, 0.4) is 0 Å². The van der Waals surface area contributed by atoms with E-state index < -0.39 is 0 Å². The maximum atomic E-state index is 5.74. The molecule has 0 aromatic heterocycles. The highest BCUT2D eigenvalue weighted by atomic mass is 16.5. The lowest BCUT2D eigenvalue weighted by atomic mass is 10.0. The third-order valence-electron chi connectivity index (χ3n) is 4.22. The van der Waals surface area contributed by atoms with E-state index in [4.69, 9.17) is 9.47 Å². The molecule has 126 valence electrons. The van der Waals surface area contributed by atoms with E-state index in [0.717, 1.165) is 55.4 Å². The minimum absolute atomic E-state index is 0.717. The topological polar surface area (TPSA) is 43.6 Å². The van der Waals surface area contributed by atoms with Crippen LogP contribution < -0.4 is 4.74 Å². The first kappa shape index (κ1) is 16.4. The van der Waals surface area contributed by atoms with Gasteiger partial charge in [-0.05, 0) is 42.2 Å². The predicted molar refractivity (Wildman–Crippen MR) is 96.4 cm³/mol. The molecule has 0 aliphatic carbocycles. The zero-order valence-corrected chi connectivity index (χ0v) is 14.3. The maximum absolute atomic E-state index is 5.74. The summed E-state index contributed by atoms with van der Waals surface area (Å²) in [5, 5.41) is 0. The van der Waals surface area contributed by atoms with Crippen molar-refractivity contribution in [3.8, 4) is 11.5 Å². The number of nitrogens with zero attached hydrogens (tertiary/aromatic N) is 1. The van der Waals surface area contributed by atoms with Gasteiger partial charge in [0.05, 0.1) is 13.7 Å². The molecule has 0 fully saturated rings. The van der Waals surface area contributed by atoms with Crippen LogP contribution in [0.4, 0.5) is 0 Å². The SMILES string of the molecule is COc1cc(CCCN=C2OCCc3ccccc32)ccc1[OH+]C. The molecule has 24 heavy (non-hydrogen) atoms. The van der Waals surface area contributed by atoms with Gasteiger partial charge in [-0.3, -0.25) is 4.99 Å². The molecule has 0 atom stereocenters. The number of aliphatic hydroxyl groups is 1. The Morgan fingerprint density at radius 2 is 2.08 bits per heavy atom. The van der Waals surface area contributed by atoms with Gasteiger partial charge in [-0.1, -0.05) is 18.2 Å². The molecule has 0 saturated heterocycles. The lowest BCUT2D eigenvalue weighted by Gasteiger charge is -2.18. The molecular formula is C20H24NO3+. The van der Waals surface area contributed by atoms with E-state index in [2.05, 4.69) is 40.1 Å². The van der Waals surface area contributed by atoms with Gasteiger partial charge in [0, 0.05) is 24.6 Å². The minimum atomic E-state index is 0.717. The van der Waals surface area contributed by atoms with Crippen molar-refractivity contribution < 1.29 is 14.2 Å². The molecule has 0 unspecified atom stereocenters. The summed E-state index contributed by atoms with van der Waals surface area (Å²) in [6.45, 7) is 1.47. The first-order valence-corrected chi connectivity index (χ1v) is 8.34. The monoisotopic (exact) mass is 326 g/mol. The zero-order valence-electron chi connectivity index (χ0n) is 14.3. The van der Waals surface area contributed by atoms with Crippen LogP contribution >= 0.6 is 0 Å². The van der Waals surface area contributed by atoms with Crippen molar-refractivity contribution in [3.63, 3.8) is 0 Å². The largest absolute Gasteiger partial charge is 0.582 e. The molecule has 0 bridgehead atoms. The number of rotatable bonds is 6. The lowest BCUT2D eigenvalue weighted by molar-refractivity contribution is 0.128. The van der Waals surface area contributed by atoms with E-state index >= 15 is 0 Å². The van der Waals surface area contributed by atoms with Gasteiger partial charge in [0.25, 0.3) is 5.75 Å². The molecule has 1 N–H and O–H groups in total. The number of aliphatic imine (C=N–C) groups is 1. The van der Waals surface area contributed by atoms with Crippen LogP contribution in [-0.2, 0) is 17.6 Å². The summed E-state index contributed by atoms with van der Waals surface area (Å²) in [7, 11) is 3.45. The average molecular weight is 326 g/mol. The summed E-state index contributed by atoms with van der Waals surface area (Å²) in [6.07, 6.45) is 2.89. The van der Waals surface area contributed by atoms with Crippen molar-refractivity contribution in [1.29, 1.82) is 0 Å². The van der Waals surface area contributed by atoms with E-state index in [0.29, 0.717) is 0 Å². The molecule has 4 nitrogen and oxygen atoms in total. The molecule has 0 radical (unpaired) electrons. The number of hydrogen-bond donors (Lipinski definition) is 0. The molecule has 4 heteroatoms. The van der Waals surface area contributed by atoms with Gasteiger partial charge in [0.2, 0.25) is 11.6 Å². The van der Waals surface area contributed by atoms with Gasteiger partial charge < -0.3 is 14.2 Å². The van der Waals surface area contributed by atoms with Crippen LogP contribution in [0.2, 0.25) is 0 Å². The van der Waals surface area contributed by atoms with Crippen LogP contribution in [0.5, 0.6) is 11.5 Å². The molecule has 2 aromatic rings. The number of aromatic hydroxyl groups is 1. The first-order chi connectivity index (χ1) is 11.8. The summed E-state index contributed by atoms with van der Waals surface area (Å²) in [4.78, 5) is 4.66. The van der Waals surface area contributed by atoms with E-state index in [-0.39, 0.29) is 0 Å². The molecule has 0 amide bonds. The molecule has 3 rings (SSSR count). The first-order valence-electron chi connectivity index (χ1n) is 8.34. The summed E-state index contributed by atoms with van der Waals surface area (Å²) in [6, 6.07) is 14.5. The van der Waals surface area contributed by atoms with Crippen molar-refractivity contribution in [3.05, 3.63) is 59.2 Å². The lowest BCUT2D eigenvalue weighted by Crippen LogP contribution is -2.18. The van der Waals surface area contributed by atoms with Crippen LogP contribution in [0.15, 0.2) is 47.5 Å². The number of ether oxygens (including phenoxy) is 3. The molecule has 0 spiro atoms. The number of methoxy groups -OCH3 is 1. The van der Waals surface area contributed by atoms with Crippen molar-refractivity contribution in [1.82, 2.24) is 0 Å². The Morgan fingerprint density at radius 3 is 2.92 bits per heavy atom. The molecule has 1 aliphatic heterocycles. The van der Waals surface area contributed by atoms with Gasteiger partial charge >= 0.3 is 0 Å². The standard InChI is InChI=1S/C20H23NO3/c1-22-18-10-9-15(14-19(18)23-2)6-5-12-21-20-17-8-4-3-7-16(17)11-13-24-20/h3-4,7-10,14H,5-6,11-13H2,1-2H3/p+1. The Labute approximate surface area is 143 Å². The van der Waals surface area contributed by atoms with Crippen LogP contribution in [-0.4, -0.2) is 38.0 Å². The summed E-state index contributed by atoms with van der Waals surface area (Å²) >= 11 is 0. The van der Waals surface area contributed by atoms with E-state index in [9.17, 15) is 0 Å². The van der Waals surface area contributed by atoms with Crippen molar-refractivity contribution in [2.24, 2.45) is 4.99 Å². The Morgan fingerprint density at radius 1 is 1.21 bits per heavy atom. The fourth-order valence-electron chi connectivity index (χ4n) is 2.94. The Hall–Kier alpha value is -2.49. The van der Waals surface area contributed by atoms with Crippen LogP contribution in [0.25, 0.3) is 0 Å². The van der Waals surface area contributed by atoms with E-state index in [1.807, 2.05) is 12.1 Å². The molecular weight excluding hydrogens is 302 g/mol. The average Bonchev–Trinajstić information content (AvgIpc) is 2.65. The second kappa shape index (κ2) is 7.86. The zero-order chi connectivity index (χ0) is 16.8. The summed E-state index contributed by atoms with van der Waals surface area (Å²) in [5.74, 6) is 2.49. The Balaban J connectivity index is 1.60. The number of hydrogen-bond acceptors (Lipinski definition) is 3. The molecule has 0 saturated carbocycles. The second-order valence-electron chi connectivity index (χ2n) is 5.78. The highest BCUT2D eigenvalue weighted by molar-refractivity contribution is 5.96. The normalized spacial score (nSPS) is 14.8. The van der Waals surface area contributed by atoms with Gasteiger partial charge in [0.15, 0.2) is 7.11 Å². The molecule has 2 aromatic carbocycles. The van der Waals surface area contributed by atoms with Gasteiger partial charge in [-0.25, -0.2) is 0 Å². The fraction of sp³-hybridized carbons (Fsp3) is 0.350. The second-order valence-corrected chi connectivity index (χ2v) is 5.78. The fourth-order valence-corrected chi connectivity index (χ4v) is 2.94. The quantitative estimate of drug-likeness (QED) is 0.602. The Kier molecular flexibility index (Phi) is 5.36. The van der Waals surface area contributed by atoms with Gasteiger partial charge in [-0.2, -0.15) is 0 Å². The van der Waals surface area contributed by atoms with E-state index in [1.54, 1.807) is 14.2 Å². The van der Waals surface area contributed by atoms with E-state index in [1.165, 1.54) is 11.1 Å². The Bertz CT molecular complexity index is 725. The maximum Gasteiger partial charge on any atom is 0.297 e. The highest BCUT2D eigenvalue weighted by Gasteiger charge is 2.15. The molecule has 1 aliphatic rings. The number of fused-ring (bicyclic) bond motifs is 1. The highest BCUT2D eigenvalue weighted by Crippen LogP contribution is 2.28. The van der Waals surface area contributed by atoms with Crippen molar-refractivity contribution in [2.75, 3.05) is 27.4 Å². The van der Waals surface area contributed by atoms with Crippen LogP contribution in [0, 0.1) is 0 Å². The summed E-state index contributed by atoms with van der Waals surface area (Å²) < 4.78 is 15.3. The van der Waals surface area contributed by atoms with Crippen molar-refractivity contribution in [2.45, 2.75) is 19.3 Å². The predicted octanol–water partition coefficient (Wildman–Crippen LogP) is 3.52. The number of benzene rings is 2. The van der Waals surface area contributed by atoms with Crippen LogP contribution in [0.1, 0.15) is 23.1 Å². The summed E-state index contributed by atoms with van der Waals surface area (Å²) in [5.41, 5.74) is 3.70. The molecule has 1 heterocycles. The van der Waals surface area contributed by atoms with Gasteiger partial charge in [-0.15, -0.1) is 0 Å².